The van der Waals surface area contributed by atoms with Gasteiger partial charge in [-0.25, -0.2) is 4.98 Å². The number of carbonyl (C=O) groups excluding carboxylic acids is 1. The molecule has 0 saturated heterocycles. The van der Waals surface area contributed by atoms with Gasteiger partial charge < -0.3 is 0 Å². The molecule has 0 aliphatic carbocycles. The highest BCUT2D eigenvalue weighted by atomic mass is 32.1. The molecule has 1 amide bonds. The summed E-state index contributed by atoms with van der Waals surface area (Å²) in [6.45, 7) is 6.18. The number of amides is 1. The van der Waals surface area contributed by atoms with Crippen LogP contribution in [-0.2, 0) is 6.54 Å². The number of aromatic nitrogens is 4. The third-order valence-corrected chi connectivity index (χ3v) is 5.92. The number of aryl methyl sites for hydroxylation is 1. The first-order valence-corrected chi connectivity index (χ1v) is 10.5. The number of benzene rings is 2. The summed E-state index contributed by atoms with van der Waals surface area (Å²) in [7, 11) is 0. The van der Waals surface area contributed by atoms with Crippen LogP contribution in [0.5, 0.6) is 0 Å². The zero-order valence-electron chi connectivity index (χ0n) is 16.3. The second kappa shape index (κ2) is 8.56. The Morgan fingerprint density at radius 3 is 2.60 bits per heavy atom. The van der Waals surface area contributed by atoms with Crippen LogP contribution in [0.2, 0.25) is 0 Å². The van der Waals surface area contributed by atoms with Crippen molar-refractivity contribution >= 4 is 34.6 Å². The van der Waals surface area contributed by atoms with Crippen molar-refractivity contribution in [3.63, 3.8) is 0 Å². The van der Waals surface area contributed by atoms with Crippen LogP contribution in [0.4, 0.5) is 5.13 Å². The number of aromatic amines is 1. The van der Waals surface area contributed by atoms with Crippen molar-refractivity contribution in [2.45, 2.75) is 13.5 Å². The molecule has 2 aromatic heterocycles. The number of anilines is 1. The second-order valence-corrected chi connectivity index (χ2v) is 7.97. The third-order valence-electron chi connectivity index (χ3n) is 4.54. The maximum Gasteiger partial charge on any atom is 0.257 e. The van der Waals surface area contributed by atoms with Crippen molar-refractivity contribution in [3.05, 3.63) is 83.3 Å². The monoisotopic (exact) mass is 433 g/mol. The average molecular weight is 434 g/mol. The standard InChI is InChI=1S/C22H19N5OS2/c1-3-13-27-19(25-26-22(27)29)18-14(2)23-21(30-18)24-20(28)17-11-9-16(10-12-17)15-7-5-4-6-8-15/h3-12H,1,13H2,2H3,(H,26,29)(H,23,24,28). The zero-order valence-corrected chi connectivity index (χ0v) is 17.9. The number of allylic oxidation sites excluding steroid dienone is 1. The van der Waals surface area contributed by atoms with E-state index in [-0.39, 0.29) is 5.91 Å². The van der Waals surface area contributed by atoms with E-state index in [0.29, 0.717) is 27.8 Å². The highest BCUT2D eigenvalue weighted by Gasteiger charge is 2.17. The SMILES string of the molecule is C=CCn1c(-c2sc(NC(=O)c3ccc(-c4ccccc4)cc3)nc2C)n[nH]c1=S. The Balaban J connectivity index is 1.54. The summed E-state index contributed by atoms with van der Waals surface area (Å²) < 4.78 is 2.36. The molecule has 4 aromatic rings. The molecule has 0 fully saturated rings. The highest BCUT2D eigenvalue weighted by molar-refractivity contribution is 7.71. The Labute approximate surface area is 182 Å². The number of thiazole rings is 1. The molecule has 0 aliphatic heterocycles. The van der Waals surface area contributed by atoms with E-state index >= 15 is 0 Å². The summed E-state index contributed by atoms with van der Waals surface area (Å²) in [4.78, 5) is 18.0. The summed E-state index contributed by atoms with van der Waals surface area (Å²) in [5.41, 5.74) is 3.51. The fourth-order valence-corrected chi connectivity index (χ4v) is 4.23. The van der Waals surface area contributed by atoms with Crippen LogP contribution in [0, 0.1) is 11.7 Å². The van der Waals surface area contributed by atoms with Crippen molar-refractivity contribution in [2.75, 3.05) is 5.32 Å². The van der Waals surface area contributed by atoms with E-state index in [1.165, 1.54) is 11.3 Å². The van der Waals surface area contributed by atoms with Gasteiger partial charge in [-0.1, -0.05) is 59.9 Å². The third kappa shape index (κ3) is 4.00. The Hall–Kier alpha value is -3.36. The van der Waals surface area contributed by atoms with E-state index in [1.807, 2.05) is 66.1 Å². The molecule has 30 heavy (non-hydrogen) atoms. The van der Waals surface area contributed by atoms with E-state index in [9.17, 15) is 4.79 Å². The molecule has 4 rings (SSSR count). The van der Waals surface area contributed by atoms with Crippen LogP contribution in [0.3, 0.4) is 0 Å². The first-order valence-electron chi connectivity index (χ1n) is 9.27. The van der Waals surface area contributed by atoms with Gasteiger partial charge in [0.15, 0.2) is 15.7 Å². The maximum atomic E-state index is 12.7. The van der Waals surface area contributed by atoms with Crippen molar-refractivity contribution in [1.29, 1.82) is 0 Å². The molecule has 0 spiro atoms. The largest absolute Gasteiger partial charge is 0.298 e. The molecule has 0 aliphatic rings. The number of hydrogen-bond acceptors (Lipinski definition) is 5. The lowest BCUT2D eigenvalue weighted by Gasteiger charge is -2.04. The Bertz CT molecular complexity index is 1250. The number of carbonyl (C=O) groups is 1. The molecule has 0 saturated carbocycles. The smallest absolute Gasteiger partial charge is 0.257 e. The number of H-pyrrole nitrogens is 1. The number of hydrogen-bond donors (Lipinski definition) is 2. The van der Waals surface area contributed by atoms with Gasteiger partial charge >= 0.3 is 0 Å². The fourth-order valence-electron chi connectivity index (χ4n) is 3.06. The predicted molar refractivity (Wildman–Crippen MR) is 123 cm³/mol. The second-order valence-electron chi connectivity index (χ2n) is 6.58. The van der Waals surface area contributed by atoms with Gasteiger partial charge in [0.2, 0.25) is 0 Å². The Kier molecular flexibility index (Phi) is 5.69. The summed E-state index contributed by atoms with van der Waals surface area (Å²) in [6.07, 6.45) is 1.76. The minimum absolute atomic E-state index is 0.208. The molecule has 6 nitrogen and oxygen atoms in total. The minimum Gasteiger partial charge on any atom is -0.298 e. The molecule has 0 bridgehead atoms. The van der Waals surface area contributed by atoms with E-state index in [2.05, 4.69) is 27.1 Å². The van der Waals surface area contributed by atoms with Gasteiger partial charge in [0.05, 0.1) is 10.6 Å². The van der Waals surface area contributed by atoms with Crippen molar-refractivity contribution in [3.8, 4) is 21.8 Å². The van der Waals surface area contributed by atoms with Crippen molar-refractivity contribution in [2.24, 2.45) is 0 Å². The number of nitrogens with zero attached hydrogens (tertiary/aromatic N) is 3. The number of nitrogens with one attached hydrogen (secondary N) is 2. The van der Waals surface area contributed by atoms with Crippen LogP contribution >= 0.6 is 23.6 Å². The lowest BCUT2D eigenvalue weighted by molar-refractivity contribution is 0.102. The maximum absolute atomic E-state index is 12.7. The summed E-state index contributed by atoms with van der Waals surface area (Å²) in [6, 6.07) is 17.5. The molecule has 8 heteroatoms. The van der Waals surface area contributed by atoms with Crippen LogP contribution in [0.1, 0.15) is 16.1 Å². The molecular weight excluding hydrogens is 414 g/mol. The molecule has 0 radical (unpaired) electrons. The van der Waals surface area contributed by atoms with Crippen LogP contribution in [0.25, 0.3) is 21.8 Å². The summed E-state index contributed by atoms with van der Waals surface area (Å²) in [5.74, 6) is 0.475. The predicted octanol–water partition coefficient (Wildman–Crippen LogP) is 5.48. The molecule has 150 valence electrons. The van der Waals surface area contributed by atoms with Gasteiger partial charge in [-0.05, 0) is 42.4 Å². The fraction of sp³-hybridized carbons (Fsp3) is 0.0909. The van der Waals surface area contributed by atoms with Crippen molar-refractivity contribution in [1.82, 2.24) is 19.7 Å². The molecule has 2 aromatic carbocycles. The minimum atomic E-state index is -0.208. The van der Waals surface area contributed by atoms with Gasteiger partial charge in [-0.15, -0.1) is 6.58 Å². The van der Waals surface area contributed by atoms with Crippen molar-refractivity contribution < 1.29 is 4.79 Å². The first-order chi connectivity index (χ1) is 14.6. The molecule has 2 N–H and O–H groups in total. The molecule has 2 heterocycles. The molecular formula is C22H19N5OS2. The van der Waals surface area contributed by atoms with E-state index < -0.39 is 0 Å². The lowest BCUT2D eigenvalue weighted by Crippen LogP contribution is -2.11. The van der Waals surface area contributed by atoms with Crippen LogP contribution < -0.4 is 5.32 Å². The quantitative estimate of drug-likeness (QED) is 0.312. The van der Waals surface area contributed by atoms with Gasteiger partial charge in [0.25, 0.3) is 5.91 Å². The van der Waals surface area contributed by atoms with E-state index in [0.717, 1.165) is 21.7 Å². The Morgan fingerprint density at radius 2 is 1.90 bits per heavy atom. The van der Waals surface area contributed by atoms with Crippen LogP contribution in [0.15, 0.2) is 67.3 Å². The summed E-state index contributed by atoms with van der Waals surface area (Å²) >= 11 is 6.64. The molecule has 0 atom stereocenters. The summed E-state index contributed by atoms with van der Waals surface area (Å²) in [5, 5.41) is 10.5. The normalized spacial score (nSPS) is 10.7. The lowest BCUT2D eigenvalue weighted by atomic mass is 10.0. The van der Waals surface area contributed by atoms with E-state index in [1.54, 1.807) is 6.08 Å². The zero-order chi connectivity index (χ0) is 21.1. The highest BCUT2D eigenvalue weighted by Crippen LogP contribution is 2.32. The van der Waals surface area contributed by atoms with Gasteiger partial charge in [-0.3, -0.25) is 19.8 Å². The van der Waals surface area contributed by atoms with Crippen LogP contribution in [-0.4, -0.2) is 25.7 Å². The van der Waals surface area contributed by atoms with Gasteiger partial charge in [0, 0.05) is 12.1 Å². The Morgan fingerprint density at radius 1 is 1.20 bits per heavy atom. The van der Waals surface area contributed by atoms with Gasteiger partial charge in [0.1, 0.15) is 0 Å². The van der Waals surface area contributed by atoms with E-state index in [4.69, 9.17) is 12.2 Å². The average Bonchev–Trinajstić information content (AvgIpc) is 3.31. The number of rotatable bonds is 6. The van der Waals surface area contributed by atoms with Gasteiger partial charge in [-0.2, -0.15) is 5.10 Å². The molecule has 0 unspecified atom stereocenters. The topological polar surface area (TPSA) is 75.6 Å². The first kappa shape index (κ1) is 19.9.